The third-order valence-electron chi connectivity index (χ3n) is 5.47. The van der Waals surface area contributed by atoms with E-state index in [1.54, 1.807) is 51.3 Å². The van der Waals surface area contributed by atoms with Gasteiger partial charge in [-0.3, -0.25) is 0 Å². The molecule has 2 amide bonds. The molecule has 1 aliphatic heterocycles. The maximum Gasteiger partial charge on any atom is 0.338 e. The Morgan fingerprint density at radius 3 is 2.57 bits per heavy atom. The molecule has 1 aliphatic rings. The largest absolute Gasteiger partial charge is 0.497 e. The van der Waals surface area contributed by atoms with Crippen molar-refractivity contribution in [3.63, 3.8) is 0 Å². The maximum atomic E-state index is 12.9. The number of rotatable bonds is 7. The Balaban J connectivity index is 1.71. The van der Waals surface area contributed by atoms with Crippen LogP contribution in [-0.2, 0) is 9.53 Å². The molecule has 2 aromatic carbocycles. The SMILES string of the molecule is CCOC(=O)C1=C(COc2cc3oc(=O)cc(C)c3cc2Cl)NC(=O)NC1c1ccc(OC)cc1. The molecule has 182 valence electrons. The van der Waals surface area contributed by atoms with Crippen molar-refractivity contribution >= 4 is 34.6 Å². The van der Waals surface area contributed by atoms with E-state index in [1.165, 1.54) is 12.1 Å². The van der Waals surface area contributed by atoms with Crippen LogP contribution < -0.4 is 25.7 Å². The Morgan fingerprint density at radius 1 is 1.14 bits per heavy atom. The van der Waals surface area contributed by atoms with Crippen molar-refractivity contribution in [2.45, 2.75) is 19.9 Å². The van der Waals surface area contributed by atoms with Crippen molar-refractivity contribution < 1.29 is 28.2 Å². The Labute approximate surface area is 205 Å². The highest BCUT2D eigenvalue weighted by molar-refractivity contribution is 6.32. The lowest BCUT2D eigenvalue weighted by atomic mass is 9.95. The van der Waals surface area contributed by atoms with Crippen molar-refractivity contribution in [2.24, 2.45) is 0 Å². The number of carbonyl (C=O) groups excluding carboxylic acids is 2. The normalized spacial score (nSPS) is 15.4. The van der Waals surface area contributed by atoms with Gasteiger partial charge in [-0.15, -0.1) is 0 Å². The maximum absolute atomic E-state index is 12.9. The summed E-state index contributed by atoms with van der Waals surface area (Å²) in [5, 5.41) is 6.34. The number of urea groups is 1. The van der Waals surface area contributed by atoms with Crippen molar-refractivity contribution in [3.8, 4) is 11.5 Å². The van der Waals surface area contributed by atoms with Gasteiger partial charge < -0.3 is 29.3 Å². The highest BCUT2D eigenvalue weighted by Gasteiger charge is 2.34. The molecule has 0 bridgehead atoms. The average molecular weight is 499 g/mol. The predicted octanol–water partition coefficient (Wildman–Crippen LogP) is 4.01. The lowest BCUT2D eigenvalue weighted by molar-refractivity contribution is -0.139. The topological polar surface area (TPSA) is 116 Å². The number of fused-ring (bicyclic) bond motifs is 1. The van der Waals surface area contributed by atoms with Gasteiger partial charge in [0.1, 0.15) is 23.7 Å². The summed E-state index contributed by atoms with van der Waals surface area (Å²) in [6.07, 6.45) is 0. The molecule has 10 heteroatoms. The van der Waals surface area contributed by atoms with Crippen molar-refractivity contribution in [1.29, 1.82) is 0 Å². The van der Waals surface area contributed by atoms with E-state index in [1.807, 2.05) is 0 Å². The minimum atomic E-state index is -0.778. The van der Waals surface area contributed by atoms with Gasteiger partial charge in [-0.1, -0.05) is 23.7 Å². The summed E-state index contributed by atoms with van der Waals surface area (Å²) in [4.78, 5) is 37.2. The minimum Gasteiger partial charge on any atom is -0.497 e. The minimum absolute atomic E-state index is 0.147. The molecular formula is C25H23ClN2O7. The molecule has 9 nitrogen and oxygen atoms in total. The van der Waals surface area contributed by atoms with Gasteiger partial charge in [-0.25, -0.2) is 14.4 Å². The average Bonchev–Trinajstić information content (AvgIpc) is 2.83. The molecule has 35 heavy (non-hydrogen) atoms. The first-order valence-corrected chi connectivity index (χ1v) is 11.2. The fraction of sp³-hybridized carbons (Fsp3) is 0.240. The van der Waals surface area contributed by atoms with Crippen molar-refractivity contribution in [3.05, 3.63) is 80.3 Å². The standard InChI is InChI=1S/C25H23ClN2O7/c1-4-33-24(30)22-18(27-25(31)28-23(22)14-5-7-15(32-3)8-6-14)12-34-20-11-19-16(10-17(20)26)13(2)9-21(29)35-19/h5-11,23H,4,12H2,1-3H3,(H2,27,28,31). The Morgan fingerprint density at radius 2 is 1.89 bits per heavy atom. The zero-order valence-corrected chi connectivity index (χ0v) is 20.0. The number of benzene rings is 2. The smallest absolute Gasteiger partial charge is 0.338 e. The molecule has 0 radical (unpaired) electrons. The molecule has 0 fully saturated rings. The monoisotopic (exact) mass is 498 g/mol. The molecule has 3 aromatic rings. The molecule has 0 saturated carbocycles. The zero-order chi connectivity index (χ0) is 25.1. The fourth-order valence-electron chi connectivity index (χ4n) is 3.81. The number of halogens is 1. The van der Waals surface area contributed by atoms with Gasteiger partial charge >= 0.3 is 17.6 Å². The predicted molar refractivity (Wildman–Crippen MR) is 129 cm³/mol. The number of methoxy groups -OCH3 is 1. The molecule has 0 saturated heterocycles. The Bertz CT molecular complexity index is 1380. The van der Waals surface area contributed by atoms with Crippen LogP contribution in [0.4, 0.5) is 4.79 Å². The number of amides is 2. The quantitative estimate of drug-likeness (QED) is 0.373. The summed E-state index contributed by atoms with van der Waals surface area (Å²) in [6, 6.07) is 10.2. The lowest BCUT2D eigenvalue weighted by Crippen LogP contribution is -2.47. The highest BCUT2D eigenvalue weighted by Crippen LogP contribution is 2.33. The second-order valence-electron chi connectivity index (χ2n) is 7.73. The van der Waals surface area contributed by atoms with E-state index in [-0.39, 0.29) is 35.3 Å². The number of ether oxygens (including phenoxy) is 3. The summed E-state index contributed by atoms with van der Waals surface area (Å²) < 4.78 is 21.6. The molecule has 2 N–H and O–H groups in total. The molecule has 4 rings (SSSR count). The molecule has 1 aromatic heterocycles. The first kappa shape index (κ1) is 24.2. The summed E-state index contributed by atoms with van der Waals surface area (Å²) in [6.45, 7) is 3.41. The van der Waals surface area contributed by atoms with Crippen LogP contribution in [0.15, 0.2) is 62.9 Å². The van der Waals surface area contributed by atoms with Gasteiger partial charge in [0.2, 0.25) is 0 Å². The molecule has 0 aliphatic carbocycles. The second-order valence-corrected chi connectivity index (χ2v) is 8.14. The second kappa shape index (κ2) is 10.1. The van der Waals surface area contributed by atoms with E-state index < -0.39 is 23.7 Å². The van der Waals surface area contributed by atoms with Gasteiger partial charge in [-0.2, -0.15) is 0 Å². The number of nitrogens with one attached hydrogen (secondary N) is 2. The van der Waals surface area contributed by atoms with Crippen LogP contribution in [0.5, 0.6) is 11.5 Å². The van der Waals surface area contributed by atoms with E-state index in [9.17, 15) is 14.4 Å². The van der Waals surface area contributed by atoms with Crippen LogP contribution in [0.25, 0.3) is 11.0 Å². The van der Waals surface area contributed by atoms with Crippen LogP contribution in [0, 0.1) is 6.92 Å². The molecular weight excluding hydrogens is 476 g/mol. The molecule has 2 heterocycles. The molecule has 1 unspecified atom stereocenters. The third kappa shape index (κ3) is 5.09. The van der Waals surface area contributed by atoms with Crippen molar-refractivity contribution in [1.82, 2.24) is 10.6 Å². The number of esters is 1. The van der Waals surface area contributed by atoms with E-state index in [2.05, 4.69) is 10.6 Å². The van der Waals surface area contributed by atoms with Crippen LogP contribution in [-0.4, -0.2) is 32.3 Å². The van der Waals surface area contributed by atoms with Crippen molar-refractivity contribution in [2.75, 3.05) is 20.3 Å². The van der Waals surface area contributed by atoms with Gasteiger partial charge in [0, 0.05) is 17.5 Å². The van der Waals surface area contributed by atoms with E-state index in [0.717, 1.165) is 0 Å². The number of hydrogen-bond acceptors (Lipinski definition) is 7. The summed E-state index contributed by atoms with van der Waals surface area (Å²) in [5.74, 6) is 0.245. The van der Waals surface area contributed by atoms with Gasteiger partial charge in [-0.05, 0) is 43.2 Å². The zero-order valence-electron chi connectivity index (χ0n) is 19.3. The van der Waals surface area contributed by atoms with Gasteiger partial charge in [0.15, 0.2) is 0 Å². The third-order valence-corrected chi connectivity index (χ3v) is 5.77. The lowest BCUT2D eigenvalue weighted by Gasteiger charge is -2.29. The van der Waals surface area contributed by atoms with Gasteiger partial charge in [0.25, 0.3) is 0 Å². The summed E-state index contributed by atoms with van der Waals surface area (Å²) in [5.41, 5.74) is 1.58. The first-order valence-electron chi connectivity index (χ1n) is 10.8. The van der Waals surface area contributed by atoms with Gasteiger partial charge in [0.05, 0.1) is 36.1 Å². The van der Waals surface area contributed by atoms with Crippen LogP contribution in [0.2, 0.25) is 5.02 Å². The molecule has 1 atom stereocenters. The first-order chi connectivity index (χ1) is 16.8. The van der Waals surface area contributed by atoms with E-state index in [4.69, 9.17) is 30.2 Å². The van der Waals surface area contributed by atoms with E-state index >= 15 is 0 Å². The van der Waals surface area contributed by atoms with Crippen LogP contribution in [0.1, 0.15) is 24.1 Å². The Hall–Kier alpha value is -3.98. The number of aryl methyl sites for hydroxylation is 1. The number of carbonyl (C=O) groups is 2. The fourth-order valence-corrected chi connectivity index (χ4v) is 4.03. The van der Waals surface area contributed by atoms with E-state index in [0.29, 0.717) is 27.8 Å². The Kier molecular flexibility index (Phi) is 6.97. The number of hydrogen-bond donors (Lipinski definition) is 2. The highest BCUT2D eigenvalue weighted by atomic mass is 35.5. The summed E-state index contributed by atoms with van der Waals surface area (Å²) in [7, 11) is 1.55. The molecule has 0 spiro atoms. The van der Waals surface area contributed by atoms with Crippen LogP contribution in [0.3, 0.4) is 0 Å². The van der Waals surface area contributed by atoms with Crippen LogP contribution >= 0.6 is 11.6 Å². The summed E-state index contributed by atoms with van der Waals surface area (Å²) >= 11 is 6.40.